The SMILES string of the molecule is CCCC[C@H](NC(=O)[C@@H]1[C@@H]2[C@H](CN1C(=O)[C@@H](NC(=O)NC1(CS(=O)(=O)N(C)C)CCCCC1)C(C)(C)C)C2(C)C)C(=O)C(=O)NC1CC1. The van der Waals surface area contributed by atoms with Gasteiger partial charge in [-0.15, -0.1) is 0 Å². The molecule has 0 radical (unpaired) electrons. The molecule has 0 spiro atoms. The van der Waals surface area contributed by atoms with Crippen molar-refractivity contribution in [3.63, 3.8) is 0 Å². The molecule has 13 nitrogen and oxygen atoms in total. The number of nitrogens with zero attached hydrogens (tertiary/aromatic N) is 2. The molecule has 0 bridgehead atoms. The lowest BCUT2D eigenvalue weighted by atomic mass is 9.83. The maximum Gasteiger partial charge on any atom is 0.315 e. The Morgan fingerprint density at radius 1 is 0.979 bits per heavy atom. The van der Waals surface area contributed by atoms with Crippen LogP contribution in [0, 0.1) is 22.7 Å². The summed E-state index contributed by atoms with van der Waals surface area (Å²) in [5, 5.41) is 11.4. The first kappa shape index (κ1) is 38.1. The van der Waals surface area contributed by atoms with Crippen LogP contribution in [0.2, 0.25) is 0 Å². The molecule has 272 valence electrons. The first-order valence-electron chi connectivity index (χ1n) is 17.7. The summed E-state index contributed by atoms with van der Waals surface area (Å²) in [7, 11) is -0.682. The molecule has 4 N–H and O–H groups in total. The van der Waals surface area contributed by atoms with Gasteiger partial charge in [0.2, 0.25) is 27.6 Å². The number of piperidine rings is 1. The highest BCUT2D eigenvalue weighted by Gasteiger charge is 2.70. The largest absolute Gasteiger partial charge is 0.347 e. The molecule has 4 aliphatic rings. The molecular formula is C34H58N6O7S. The number of rotatable bonds is 14. The molecule has 3 aliphatic carbocycles. The summed E-state index contributed by atoms with van der Waals surface area (Å²) in [6.07, 6.45) is 6.91. The Balaban J connectivity index is 1.54. The van der Waals surface area contributed by atoms with Gasteiger partial charge in [0.15, 0.2) is 0 Å². The number of carbonyl (C=O) groups excluding carboxylic acids is 5. The van der Waals surface area contributed by atoms with Crippen molar-refractivity contribution >= 4 is 39.6 Å². The minimum Gasteiger partial charge on any atom is -0.347 e. The van der Waals surface area contributed by atoms with Gasteiger partial charge in [-0.05, 0) is 54.8 Å². The molecule has 1 heterocycles. The topological polar surface area (TPSA) is 174 Å². The summed E-state index contributed by atoms with van der Waals surface area (Å²) in [6.45, 7) is 11.9. The maximum absolute atomic E-state index is 14.4. The predicted octanol–water partition coefficient (Wildman–Crippen LogP) is 2.30. The number of urea groups is 1. The van der Waals surface area contributed by atoms with Crippen molar-refractivity contribution in [1.82, 2.24) is 30.5 Å². The van der Waals surface area contributed by atoms with Crippen molar-refractivity contribution in [3.8, 4) is 0 Å². The Bertz CT molecular complexity index is 1360. The van der Waals surface area contributed by atoms with Crippen LogP contribution in [-0.4, -0.2) is 103 Å². The van der Waals surface area contributed by atoms with Gasteiger partial charge in [0.25, 0.3) is 5.91 Å². The summed E-state index contributed by atoms with van der Waals surface area (Å²) >= 11 is 0. The smallest absolute Gasteiger partial charge is 0.315 e. The number of hydrogen-bond donors (Lipinski definition) is 4. The molecule has 5 atom stereocenters. The van der Waals surface area contributed by atoms with E-state index in [1.54, 1.807) is 0 Å². The van der Waals surface area contributed by atoms with E-state index in [-0.39, 0.29) is 29.0 Å². The molecular weight excluding hydrogens is 636 g/mol. The number of hydrogen-bond acceptors (Lipinski definition) is 7. The van der Waals surface area contributed by atoms with E-state index in [1.807, 2.05) is 27.7 Å². The highest BCUT2D eigenvalue weighted by Crippen LogP contribution is 2.65. The normalized spacial score (nSPS) is 25.8. The van der Waals surface area contributed by atoms with Crippen LogP contribution in [0.15, 0.2) is 0 Å². The van der Waals surface area contributed by atoms with Gasteiger partial charge in [0.1, 0.15) is 12.1 Å². The van der Waals surface area contributed by atoms with E-state index in [0.29, 0.717) is 32.2 Å². The zero-order valence-corrected chi connectivity index (χ0v) is 30.9. The molecule has 48 heavy (non-hydrogen) atoms. The molecule has 3 saturated carbocycles. The van der Waals surface area contributed by atoms with Gasteiger partial charge in [0.05, 0.1) is 17.3 Å². The van der Waals surface area contributed by atoms with Gasteiger partial charge in [-0.2, -0.15) is 0 Å². The molecule has 4 fully saturated rings. The third-order valence-corrected chi connectivity index (χ3v) is 13.0. The molecule has 0 aromatic carbocycles. The van der Waals surface area contributed by atoms with Gasteiger partial charge >= 0.3 is 6.03 Å². The molecule has 14 heteroatoms. The Kier molecular flexibility index (Phi) is 11.3. The maximum atomic E-state index is 14.4. The summed E-state index contributed by atoms with van der Waals surface area (Å²) in [4.78, 5) is 69.5. The molecule has 0 aromatic rings. The van der Waals surface area contributed by atoms with E-state index >= 15 is 0 Å². The van der Waals surface area contributed by atoms with Crippen molar-refractivity contribution in [2.24, 2.45) is 22.7 Å². The number of ketones is 1. The van der Waals surface area contributed by atoms with Gasteiger partial charge in [-0.3, -0.25) is 19.2 Å². The van der Waals surface area contributed by atoms with Crippen LogP contribution in [0.1, 0.15) is 106 Å². The Morgan fingerprint density at radius 2 is 1.60 bits per heavy atom. The highest BCUT2D eigenvalue weighted by molar-refractivity contribution is 7.89. The van der Waals surface area contributed by atoms with E-state index in [4.69, 9.17) is 0 Å². The zero-order valence-electron chi connectivity index (χ0n) is 30.1. The average Bonchev–Trinajstić information content (AvgIpc) is 3.84. The summed E-state index contributed by atoms with van der Waals surface area (Å²) in [5.41, 5.74) is -1.92. The lowest BCUT2D eigenvalue weighted by Gasteiger charge is -2.41. The monoisotopic (exact) mass is 694 g/mol. The predicted molar refractivity (Wildman–Crippen MR) is 182 cm³/mol. The van der Waals surface area contributed by atoms with Crippen molar-refractivity contribution in [2.75, 3.05) is 26.4 Å². The van der Waals surface area contributed by atoms with Crippen molar-refractivity contribution in [2.45, 2.75) is 135 Å². The number of carbonyl (C=O) groups is 5. The van der Waals surface area contributed by atoms with Crippen LogP contribution in [0.3, 0.4) is 0 Å². The first-order chi connectivity index (χ1) is 22.2. The molecule has 1 saturated heterocycles. The van der Waals surface area contributed by atoms with Crippen molar-refractivity contribution in [3.05, 3.63) is 0 Å². The lowest BCUT2D eigenvalue weighted by molar-refractivity contribution is -0.145. The number of unbranched alkanes of at least 4 members (excludes halogenated alkanes) is 1. The van der Waals surface area contributed by atoms with Crippen LogP contribution in [-0.2, 0) is 29.2 Å². The van der Waals surface area contributed by atoms with Gasteiger partial charge in [-0.1, -0.05) is 73.6 Å². The number of likely N-dealkylation sites (tertiary alicyclic amines) is 1. The van der Waals surface area contributed by atoms with Crippen LogP contribution in [0.25, 0.3) is 0 Å². The van der Waals surface area contributed by atoms with Gasteiger partial charge in [0, 0.05) is 26.7 Å². The third kappa shape index (κ3) is 8.51. The summed E-state index contributed by atoms with van der Waals surface area (Å²) in [6, 6.07) is -3.52. The minimum atomic E-state index is -3.63. The molecule has 0 aromatic heterocycles. The number of Topliss-reactive ketones (excluding diaryl/α,β-unsaturated/α-hetero) is 1. The average molecular weight is 695 g/mol. The Labute approximate surface area is 286 Å². The highest BCUT2D eigenvalue weighted by atomic mass is 32.2. The number of nitrogens with one attached hydrogen (secondary N) is 4. The summed E-state index contributed by atoms with van der Waals surface area (Å²) in [5.74, 6) is -2.57. The van der Waals surface area contributed by atoms with Crippen LogP contribution < -0.4 is 21.3 Å². The summed E-state index contributed by atoms with van der Waals surface area (Å²) < 4.78 is 27.0. The van der Waals surface area contributed by atoms with E-state index < -0.39 is 68.6 Å². The van der Waals surface area contributed by atoms with E-state index in [9.17, 15) is 32.4 Å². The second-order valence-electron chi connectivity index (χ2n) is 16.5. The second-order valence-corrected chi connectivity index (χ2v) is 18.7. The molecule has 1 aliphatic heterocycles. The van der Waals surface area contributed by atoms with Crippen LogP contribution in [0.4, 0.5) is 4.79 Å². The Morgan fingerprint density at radius 3 is 2.15 bits per heavy atom. The first-order valence-corrected chi connectivity index (χ1v) is 19.3. The lowest BCUT2D eigenvalue weighted by Crippen LogP contribution is -2.64. The van der Waals surface area contributed by atoms with E-state index in [0.717, 1.165) is 42.8 Å². The molecule has 5 amide bonds. The van der Waals surface area contributed by atoms with Crippen LogP contribution in [0.5, 0.6) is 0 Å². The zero-order chi connectivity index (χ0) is 35.8. The second kappa shape index (κ2) is 14.2. The fourth-order valence-electron chi connectivity index (χ4n) is 7.62. The fourth-order valence-corrected chi connectivity index (χ4v) is 8.94. The quantitative estimate of drug-likeness (QED) is 0.202. The van der Waals surface area contributed by atoms with Crippen molar-refractivity contribution in [1.29, 1.82) is 0 Å². The fraction of sp³-hybridized carbons (Fsp3) is 0.853. The third-order valence-electron chi connectivity index (χ3n) is 11.0. The van der Waals surface area contributed by atoms with E-state index in [2.05, 4.69) is 35.1 Å². The number of sulfonamides is 1. The standard InChI is InChI=1S/C34H58N6O7S/c1-9-10-14-23(26(41)29(43)35-21-15-16-21)36-28(42)25-24-22(33(24,5)6)19-40(25)30(44)27(32(2,3)4)37-31(45)38-34(17-12-11-13-18-34)20-48(46,47)39(7)8/h21-25,27H,9-20H2,1-8H3,(H,35,43)(H,36,42)(H2,37,38,45)/t22-,23-,24-,25-,27+/m0/s1. The number of amides is 5. The molecule has 4 rings (SSSR count). The van der Waals surface area contributed by atoms with Crippen LogP contribution >= 0.6 is 0 Å². The minimum absolute atomic E-state index is 0.00403. The van der Waals surface area contributed by atoms with Crippen molar-refractivity contribution < 1.29 is 32.4 Å². The number of fused-ring (bicyclic) bond motifs is 1. The Hall–Kier alpha value is -2.74. The van der Waals surface area contributed by atoms with Gasteiger partial charge in [-0.25, -0.2) is 17.5 Å². The van der Waals surface area contributed by atoms with Gasteiger partial charge < -0.3 is 26.2 Å². The molecule has 0 unspecified atom stereocenters. The van der Waals surface area contributed by atoms with E-state index in [1.165, 1.54) is 19.0 Å².